The Bertz CT molecular complexity index is 449. The molecule has 0 atom stereocenters. The summed E-state index contributed by atoms with van der Waals surface area (Å²) in [5.74, 6) is 0.515. The molecule has 0 saturated carbocycles. The molecule has 0 aliphatic heterocycles. The van der Waals surface area contributed by atoms with Crippen LogP contribution in [0.1, 0.15) is 11.1 Å². The SMILES string of the molecule is Cc1c(N)nnc(-c2ccsc2)c1C. The first-order valence-electron chi connectivity index (χ1n) is 4.32. The van der Waals surface area contributed by atoms with Gasteiger partial charge in [-0.25, -0.2) is 0 Å². The van der Waals surface area contributed by atoms with Crippen LogP contribution in [0.4, 0.5) is 5.82 Å². The van der Waals surface area contributed by atoms with Crippen molar-refractivity contribution in [2.45, 2.75) is 13.8 Å². The van der Waals surface area contributed by atoms with E-state index in [2.05, 4.69) is 15.6 Å². The van der Waals surface area contributed by atoms with Crippen molar-refractivity contribution in [1.29, 1.82) is 0 Å². The van der Waals surface area contributed by atoms with Gasteiger partial charge in [0.2, 0.25) is 0 Å². The molecule has 0 spiro atoms. The van der Waals surface area contributed by atoms with E-state index in [-0.39, 0.29) is 0 Å². The van der Waals surface area contributed by atoms with Gasteiger partial charge in [0.25, 0.3) is 0 Å². The Morgan fingerprint density at radius 1 is 1.21 bits per heavy atom. The molecule has 2 N–H and O–H groups in total. The van der Waals surface area contributed by atoms with E-state index in [1.807, 2.05) is 25.3 Å². The molecule has 4 heteroatoms. The molecule has 0 amide bonds. The van der Waals surface area contributed by atoms with Gasteiger partial charge in [0, 0.05) is 10.9 Å². The molecule has 2 aromatic rings. The molecule has 2 heterocycles. The number of aromatic nitrogens is 2. The smallest absolute Gasteiger partial charge is 0.149 e. The molecule has 0 bridgehead atoms. The van der Waals surface area contributed by atoms with Crippen LogP contribution in [0.15, 0.2) is 16.8 Å². The lowest BCUT2D eigenvalue weighted by Gasteiger charge is -2.06. The summed E-state index contributed by atoms with van der Waals surface area (Å²) in [4.78, 5) is 0. The molecule has 2 aromatic heterocycles. The third-order valence-corrected chi connectivity index (χ3v) is 3.04. The average molecular weight is 205 g/mol. The summed E-state index contributed by atoms with van der Waals surface area (Å²) in [5.41, 5.74) is 9.84. The number of nitrogens with two attached hydrogens (primary N) is 1. The van der Waals surface area contributed by atoms with Crippen molar-refractivity contribution < 1.29 is 0 Å². The number of thiophene rings is 1. The number of nitrogens with zero attached hydrogens (tertiary/aromatic N) is 2. The van der Waals surface area contributed by atoms with Crippen molar-refractivity contribution in [2.75, 3.05) is 5.73 Å². The van der Waals surface area contributed by atoms with Gasteiger partial charge in [-0.15, -0.1) is 10.2 Å². The van der Waals surface area contributed by atoms with Crippen LogP contribution in [0.2, 0.25) is 0 Å². The Labute approximate surface area is 86.6 Å². The number of hydrogen-bond donors (Lipinski definition) is 1. The molecule has 0 radical (unpaired) electrons. The summed E-state index contributed by atoms with van der Waals surface area (Å²) in [7, 11) is 0. The van der Waals surface area contributed by atoms with Crippen molar-refractivity contribution in [1.82, 2.24) is 10.2 Å². The molecule has 0 unspecified atom stereocenters. The van der Waals surface area contributed by atoms with Crippen LogP contribution in [0.25, 0.3) is 11.3 Å². The van der Waals surface area contributed by atoms with Gasteiger partial charge in [-0.2, -0.15) is 11.3 Å². The van der Waals surface area contributed by atoms with E-state index in [1.165, 1.54) is 0 Å². The van der Waals surface area contributed by atoms with Crippen LogP contribution >= 0.6 is 11.3 Å². The van der Waals surface area contributed by atoms with Crippen molar-refractivity contribution in [3.05, 3.63) is 28.0 Å². The van der Waals surface area contributed by atoms with Crippen LogP contribution in [0.5, 0.6) is 0 Å². The number of hydrogen-bond acceptors (Lipinski definition) is 4. The molecule has 2 rings (SSSR count). The molecule has 0 saturated heterocycles. The van der Waals surface area contributed by atoms with E-state index in [4.69, 9.17) is 5.73 Å². The highest BCUT2D eigenvalue weighted by atomic mass is 32.1. The fraction of sp³-hybridized carbons (Fsp3) is 0.200. The summed E-state index contributed by atoms with van der Waals surface area (Å²) >= 11 is 1.65. The molecular formula is C10H11N3S. The minimum atomic E-state index is 0.515. The fourth-order valence-corrected chi connectivity index (χ4v) is 1.94. The zero-order valence-corrected chi connectivity index (χ0v) is 8.93. The molecule has 0 fully saturated rings. The minimum Gasteiger partial charge on any atom is -0.382 e. The summed E-state index contributed by atoms with van der Waals surface area (Å²) in [6.45, 7) is 3.99. The van der Waals surface area contributed by atoms with Gasteiger partial charge in [0.15, 0.2) is 0 Å². The van der Waals surface area contributed by atoms with Gasteiger partial charge in [0.05, 0.1) is 5.69 Å². The Balaban J connectivity index is 2.61. The third-order valence-electron chi connectivity index (χ3n) is 2.35. The third kappa shape index (κ3) is 1.37. The van der Waals surface area contributed by atoms with Gasteiger partial charge in [-0.05, 0) is 36.4 Å². The second-order valence-electron chi connectivity index (χ2n) is 3.20. The zero-order chi connectivity index (χ0) is 10.1. The number of anilines is 1. The van der Waals surface area contributed by atoms with Crippen LogP contribution in [0, 0.1) is 13.8 Å². The summed E-state index contributed by atoms with van der Waals surface area (Å²) in [5, 5.41) is 12.1. The highest BCUT2D eigenvalue weighted by Crippen LogP contribution is 2.26. The van der Waals surface area contributed by atoms with Gasteiger partial charge in [-0.3, -0.25) is 0 Å². The van der Waals surface area contributed by atoms with Crippen LogP contribution in [0.3, 0.4) is 0 Å². The Morgan fingerprint density at radius 3 is 2.64 bits per heavy atom. The van der Waals surface area contributed by atoms with Crippen molar-refractivity contribution in [3.63, 3.8) is 0 Å². The molecular weight excluding hydrogens is 194 g/mol. The van der Waals surface area contributed by atoms with E-state index in [9.17, 15) is 0 Å². The Kier molecular flexibility index (Phi) is 2.21. The van der Waals surface area contributed by atoms with E-state index < -0.39 is 0 Å². The molecule has 72 valence electrons. The highest BCUT2D eigenvalue weighted by molar-refractivity contribution is 7.08. The monoisotopic (exact) mass is 205 g/mol. The molecule has 14 heavy (non-hydrogen) atoms. The van der Waals surface area contributed by atoms with Gasteiger partial charge in [0.1, 0.15) is 5.82 Å². The van der Waals surface area contributed by atoms with Gasteiger partial charge >= 0.3 is 0 Å². The lowest BCUT2D eigenvalue weighted by Crippen LogP contribution is -2.01. The molecule has 0 aliphatic carbocycles. The Hall–Kier alpha value is -1.42. The Morgan fingerprint density at radius 2 is 2.00 bits per heavy atom. The second kappa shape index (κ2) is 3.38. The first-order chi connectivity index (χ1) is 6.70. The standard InChI is InChI=1S/C10H11N3S/c1-6-7(2)10(11)13-12-9(6)8-3-4-14-5-8/h3-5H,1-2H3,(H2,11,13). The maximum absolute atomic E-state index is 5.67. The fourth-order valence-electron chi connectivity index (χ4n) is 1.30. The van der Waals surface area contributed by atoms with E-state index >= 15 is 0 Å². The maximum Gasteiger partial charge on any atom is 0.149 e. The predicted octanol–water partition coefficient (Wildman–Crippen LogP) is 2.40. The van der Waals surface area contributed by atoms with Crippen molar-refractivity contribution in [3.8, 4) is 11.3 Å². The van der Waals surface area contributed by atoms with E-state index in [1.54, 1.807) is 11.3 Å². The highest BCUT2D eigenvalue weighted by Gasteiger charge is 2.09. The summed E-state index contributed by atoms with van der Waals surface area (Å²) in [6.07, 6.45) is 0. The molecule has 0 aliphatic rings. The molecule has 3 nitrogen and oxygen atoms in total. The first-order valence-corrected chi connectivity index (χ1v) is 5.26. The van der Waals surface area contributed by atoms with E-state index in [0.29, 0.717) is 5.82 Å². The topological polar surface area (TPSA) is 51.8 Å². The number of rotatable bonds is 1. The second-order valence-corrected chi connectivity index (χ2v) is 3.98. The predicted molar refractivity (Wildman–Crippen MR) is 59.2 cm³/mol. The minimum absolute atomic E-state index is 0.515. The van der Waals surface area contributed by atoms with Crippen LogP contribution in [-0.2, 0) is 0 Å². The van der Waals surface area contributed by atoms with E-state index in [0.717, 1.165) is 22.4 Å². The van der Waals surface area contributed by atoms with Crippen LogP contribution in [-0.4, -0.2) is 10.2 Å². The number of nitrogen functional groups attached to an aromatic ring is 1. The lowest BCUT2D eigenvalue weighted by atomic mass is 10.1. The lowest BCUT2D eigenvalue weighted by molar-refractivity contribution is 1.02. The van der Waals surface area contributed by atoms with Crippen LogP contribution < -0.4 is 5.73 Å². The summed E-state index contributed by atoms with van der Waals surface area (Å²) in [6, 6.07) is 2.04. The molecule has 0 aromatic carbocycles. The largest absolute Gasteiger partial charge is 0.382 e. The van der Waals surface area contributed by atoms with Crippen molar-refractivity contribution in [2.24, 2.45) is 0 Å². The van der Waals surface area contributed by atoms with Gasteiger partial charge < -0.3 is 5.73 Å². The maximum atomic E-state index is 5.67. The first kappa shape index (κ1) is 9.15. The normalized spacial score (nSPS) is 10.4. The van der Waals surface area contributed by atoms with Gasteiger partial charge in [-0.1, -0.05) is 0 Å². The average Bonchev–Trinajstić information content (AvgIpc) is 2.67. The zero-order valence-electron chi connectivity index (χ0n) is 8.11. The summed E-state index contributed by atoms with van der Waals surface area (Å²) < 4.78 is 0. The quantitative estimate of drug-likeness (QED) is 0.777. The van der Waals surface area contributed by atoms with Crippen molar-refractivity contribution >= 4 is 17.2 Å².